The number of rotatable bonds is 5. The molecule has 2 heterocycles. The molecule has 1 fully saturated rings. The number of urea groups is 1. The molecule has 1 aliphatic heterocycles. The van der Waals surface area contributed by atoms with Crippen LogP contribution < -0.4 is 5.32 Å². The Morgan fingerprint density at radius 2 is 1.77 bits per heavy atom. The van der Waals surface area contributed by atoms with Crippen molar-refractivity contribution in [1.82, 2.24) is 14.5 Å². The lowest BCUT2D eigenvalue weighted by Gasteiger charge is -2.21. The third kappa shape index (κ3) is 2.89. The summed E-state index contributed by atoms with van der Waals surface area (Å²) in [5, 5.41) is 2.45. The first-order valence-electron chi connectivity index (χ1n) is 7.87. The molecule has 1 atom stereocenters. The molecular weight excluding hydrogens is 358 g/mol. The summed E-state index contributed by atoms with van der Waals surface area (Å²) in [6, 6.07) is 11.1. The number of hydrogen-bond donors (Lipinski definition) is 1. The summed E-state index contributed by atoms with van der Waals surface area (Å²) < 4.78 is 30.5. The molecule has 138 valence electrons. The first-order chi connectivity index (χ1) is 12.2. The van der Waals surface area contributed by atoms with Crippen molar-refractivity contribution in [2.24, 2.45) is 0 Å². The summed E-state index contributed by atoms with van der Waals surface area (Å²) in [5.41, 5.74) is -0.514. The molecule has 1 N–H and O–H groups in total. The number of imide groups is 1. The van der Waals surface area contributed by atoms with Crippen LogP contribution in [0.2, 0.25) is 0 Å². The van der Waals surface area contributed by atoms with Crippen LogP contribution in [0, 0.1) is 0 Å². The van der Waals surface area contributed by atoms with E-state index in [1.807, 2.05) is 6.07 Å². The molecule has 2 aromatic rings. The van der Waals surface area contributed by atoms with Gasteiger partial charge in [-0.25, -0.2) is 17.5 Å². The summed E-state index contributed by atoms with van der Waals surface area (Å²) in [5.74, 6) is -0.228. The van der Waals surface area contributed by atoms with Gasteiger partial charge in [0.05, 0.1) is 6.54 Å². The van der Waals surface area contributed by atoms with Gasteiger partial charge in [0.1, 0.15) is 11.3 Å². The fraction of sp³-hybridized carbons (Fsp3) is 0.294. The fourth-order valence-electron chi connectivity index (χ4n) is 2.73. The second-order valence-electron chi connectivity index (χ2n) is 6.32. The van der Waals surface area contributed by atoms with Crippen molar-refractivity contribution in [1.29, 1.82) is 0 Å². The zero-order valence-corrected chi connectivity index (χ0v) is 15.4. The molecule has 0 bridgehead atoms. The minimum Gasteiger partial charge on any atom is -0.446 e. The molecule has 0 unspecified atom stereocenters. The minimum atomic E-state index is -3.72. The van der Waals surface area contributed by atoms with E-state index in [1.54, 1.807) is 31.2 Å². The van der Waals surface area contributed by atoms with E-state index in [4.69, 9.17) is 4.42 Å². The van der Waals surface area contributed by atoms with Gasteiger partial charge in [0.15, 0.2) is 0 Å². The van der Waals surface area contributed by atoms with E-state index in [9.17, 15) is 18.0 Å². The van der Waals surface area contributed by atoms with E-state index >= 15 is 0 Å². The van der Waals surface area contributed by atoms with Crippen LogP contribution in [0.15, 0.2) is 52.0 Å². The van der Waals surface area contributed by atoms with E-state index in [-0.39, 0.29) is 17.4 Å². The van der Waals surface area contributed by atoms with Crippen molar-refractivity contribution in [3.05, 3.63) is 53.8 Å². The van der Waals surface area contributed by atoms with Crippen LogP contribution in [0.4, 0.5) is 4.79 Å². The fourth-order valence-corrected chi connectivity index (χ4v) is 3.54. The molecule has 0 radical (unpaired) electrons. The number of furan rings is 1. The Hall–Kier alpha value is -2.65. The van der Waals surface area contributed by atoms with Crippen molar-refractivity contribution in [2.75, 3.05) is 14.1 Å². The maximum atomic E-state index is 12.8. The van der Waals surface area contributed by atoms with E-state index < -0.39 is 27.5 Å². The van der Waals surface area contributed by atoms with E-state index in [2.05, 4.69) is 5.32 Å². The van der Waals surface area contributed by atoms with Gasteiger partial charge in [-0.15, -0.1) is 0 Å². The lowest BCUT2D eigenvalue weighted by molar-refractivity contribution is -0.131. The Kier molecular flexibility index (Phi) is 4.37. The molecule has 1 aromatic carbocycles. The lowest BCUT2D eigenvalue weighted by atomic mass is 9.92. The monoisotopic (exact) mass is 377 g/mol. The van der Waals surface area contributed by atoms with Gasteiger partial charge in [0.25, 0.3) is 15.9 Å². The number of benzene rings is 1. The van der Waals surface area contributed by atoms with Crippen LogP contribution in [0.25, 0.3) is 0 Å². The molecule has 8 nitrogen and oxygen atoms in total. The molecule has 26 heavy (non-hydrogen) atoms. The lowest BCUT2D eigenvalue weighted by Crippen LogP contribution is -2.40. The van der Waals surface area contributed by atoms with Crippen LogP contribution in [0.1, 0.15) is 18.2 Å². The standard InChI is InChI=1S/C17H19N3O5S/c1-17(12-7-5-4-6-8-12)15(21)20(16(22)18-17)11-13-9-10-14(25-13)26(23,24)19(2)3/h4-10H,11H2,1-3H3,(H,18,22)/t17-/m1/s1. The molecule has 0 aliphatic carbocycles. The molecule has 1 aromatic heterocycles. The van der Waals surface area contributed by atoms with Gasteiger partial charge >= 0.3 is 6.03 Å². The van der Waals surface area contributed by atoms with Crippen LogP contribution in [-0.4, -0.2) is 43.7 Å². The normalized spacial score (nSPS) is 20.7. The predicted molar refractivity (Wildman–Crippen MR) is 92.5 cm³/mol. The van der Waals surface area contributed by atoms with Gasteiger partial charge in [0.2, 0.25) is 5.09 Å². The maximum absolute atomic E-state index is 12.8. The summed E-state index contributed by atoms with van der Waals surface area (Å²) in [4.78, 5) is 26.2. The third-order valence-electron chi connectivity index (χ3n) is 4.31. The highest BCUT2D eigenvalue weighted by Gasteiger charge is 2.49. The maximum Gasteiger partial charge on any atom is 0.325 e. The quantitative estimate of drug-likeness (QED) is 0.796. The van der Waals surface area contributed by atoms with Gasteiger partial charge in [0, 0.05) is 14.1 Å². The Morgan fingerprint density at radius 3 is 2.38 bits per heavy atom. The number of carbonyl (C=O) groups is 2. The van der Waals surface area contributed by atoms with Gasteiger partial charge in [-0.3, -0.25) is 9.69 Å². The van der Waals surface area contributed by atoms with E-state index in [0.717, 1.165) is 9.21 Å². The molecular formula is C17H19N3O5S. The van der Waals surface area contributed by atoms with Gasteiger partial charge < -0.3 is 9.73 Å². The van der Waals surface area contributed by atoms with Crippen LogP contribution >= 0.6 is 0 Å². The molecule has 3 amide bonds. The highest BCUT2D eigenvalue weighted by molar-refractivity contribution is 7.88. The van der Waals surface area contributed by atoms with Gasteiger partial charge in [-0.1, -0.05) is 30.3 Å². The van der Waals surface area contributed by atoms with Crippen molar-refractivity contribution in [2.45, 2.75) is 24.1 Å². The second kappa shape index (κ2) is 6.26. The molecule has 1 saturated heterocycles. The largest absolute Gasteiger partial charge is 0.446 e. The summed E-state index contributed by atoms with van der Waals surface area (Å²) in [6.07, 6.45) is 0. The minimum absolute atomic E-state index is 0.157. The number of hydrogen-bond acceptors (Lipinski definition) is 5. The van der Waals surface area contributed by atoms with Gasteiger partial charge in [-0.2, -0.15) is 0 Å². The molecule has 9 heteroatoms. The van der Waals surface area contributed by atoms with Crippen LogP contribution in [-0.2, 0) is 26.9 Å². The number of amides is 3. The van der Waals surface area contributed by atoms with Gasteiger partial charge in [-0.05, 0) is 24.6 Å². The predicted octanol–water partition coefficient (Wildman–Crippen LogP) is 1.50. The topological polar surface area (TPSA) is 99.9 Å². The highest BCUT2D eigenvalue weighted by atomic mass is 32.2. The Labute approximate surface area is 151 Å². The van der Waals surface area contributed by atoms with Crippen molar-refractivity contribution < 1.29 is 22.4 Å². The third-order valence-corrected chi connectivity index (χ3v) is 6.00. The average Bonchev–Trinajstić information content (AvgIpc) is 3.16. The summed E-state index contributed by atoms with van der Waals surface area (Å²) in [6.45, 7) is 1.47. The number of nitrogens with zero attached hydrogens (tertiary/aromatic N) is 2. The van der Waals surface area contributed by atoms with Crippen LogP contribution in [0.3, 0.4) is 0 Å². The average molecular weight is 377 g/mol. The van der Waals surface area contributed by atoms with E-state index in [0.29, 0.717) is 5.56 Å². The van der Waals surface area contributed by atoms with Crippen molar-refractivity contribution >= 4 is 22.0 Å². The first kappa shape index (κ1) is 18.2. The Bertz CT molecular complexity index is 952. The number of nitrogens with one attached hydrogen (secondary N) is 1. The number of carbonyl (C=O) groups excluding carboxylic acids is 2. The zero-order valence-electron chi connectivity index (χ0n) is 14.6. The molecule has 1 aliphatic rings. The Morgan fingerprint density at radius 1 is 1.12 bits per heavy atom. The first-order valence-corrected chi connectivity index (χ1v) is 9.31. The Balaban J connectivity index is 1.85. The SMILES string of the molecule is CN(C)S(=O)(=O)c1ccc(CN2C(=O)N[C@](C)(c3ccccc3)C2=O)o1. The van der Waals surface area contributed by atoms with Crippen molar-refractivity contribution in [3.8, 4) is 0 Å². The molecule has 3 rings (SSSR count). The second-order valence-corrected chi connectivity index (χ2v) is 8.40. The smallest absolute Gasteiger partial charge is 0.325 e. The summed E-state index contributed by atoms with van der Waals surface area (Å²) in [7, 11) is -0.942. The molecule has 0 spiro atoms. The van der Waals surface area contributed by atoms with Crippen molar-refractivity contribution in [3.63, 3.8) is 0 Å². The number of sulfonamides is 1. The van der Waals surface area contributed by atoms with E-state index in [1.165, 1.54) is 26.2 Å². The highest BCUT2D eigenvalue weighted by Crippen LogP contribution is 2.30. The zero-order chi connectivity index (χ0) is 19.1. The summed E-state index contributed by atoms with van der Waals surface area (Å²) >= 11 is 0. The molecule has 0 saturated carbocycles. The van der Waals surface area contributed by atoms with Crippen LogP contribution in [0.5, 0.6) is 0 Å².